The molecule has 11 heteroatoms. The molecule has 1 unspecified atom stereocenters. The summed E-state index contributed by atoms with van der Waals surface area (Å²) in [7, 11) is 0. The summed E-state index contributed by atoms with van der Waals surface area (Å²) in [6.45, 7) is 9.10. The van der Waals surface area contributed by atoms with Gasteiger partial charge in [-0.05, 0) is 68.2 Å². The Balaban J connectivity index is 0.904. The maximum atomic E-state index is 11.7. The number of imidazole rings is 1. The van der Waals surface area contributed by atoms with Gasteiger partial charge in [0.05, 0.1) is 67.3 Å². The van der Waals surface area contributed by atoms with Crippen LogP contribution in [0.5, 0.6) is 5.88 Å². The van der Waals surface area contributed by atoms with Crippen LogP contribution < -0.4 is 4.74 Å². The molecule has 11 nitrogen and oxygen atoms in total. The van der Waals surface area contributed by atoms with Gasteiger partial charge in [0.25, 0.3) is 0 Å². The number of aromatic carboxylic acids is 1. The second kappa shape index (κ2) is 12.4. The van der Waals surface area contributed by atoms with Crippen molar-refractivity contribution < 1.29 is 24.1 Å². The Bertz CT molecular complexity index is 1920. The largest absolute Gasteiger partial charge is 0.478 e. The van der Waals surface area contributed by atoms with Gasteiger partial charge in [-0.25, -0.2) is 14.8 Å². The molecule has 0 amide bonds. The van der Waals surface area contributed by atoms with E-state index in [4.69, 9.17) is 24.2 Å². The molecule has 47 heavy (non-hydrogen) atoms. The number of hydrogen-bond acceptors (Lipinski definition) is 8. The number of nitrogens with zero attached hydrogens (tertiary/aromatic N) is 6. The second-order valence-electron chi connectivity index (χ2n) is 13.7. The Hall–Kier alpha value is -4.32. The summed E-state index contributed by atoms with van der Waals surface area (Å²) >= 11 is 0. The van der Waals surface area contributed by atoms with Crippen LogP contribution in [0.4, 0.5) is 0 Å². The molecule has 0 saturated carbocycles. The van der Waals surface area contributed by atoms with Gasteiger partial charge in [0.15, 0.2) is 0 Å². The maximum absolute atomic E-state index is 11.7. The highest BCUT2D eigenvalue weighted by Gasteiger charge is 2.34. The molecule has 3 fully saturated rings. The highest BCUT2D eigenvalue weighted by atomic mass is 16.5. The minimum Gasteiger partial charge on any atom is -0.478 e. The summed E-state index contributed by atoms with van der Waals surface area (Å²) < 4.78 is 21.6. The average molecular weight is 637 g/mol. The number of ether oxygens (including phenoxy) is 3. The standard InChI is InChI=1S/C36H40N6O5/c1-36(22-45-23-36)21-42-31-15-24(5-6-27(31)17-37-42)20-47-34-4-2-3-29(39-34)25-9-12-40(13-10-25)19-33-38-30-8-7-26(35(43)44)16-32(30)41(33)18-28-11-14-46-28/h2-8,15-17,25,28H,9-14,18-23H2,1H3,(H,43,44). The molecule has 1 atom stereocenters. The van der Waals surface area contributed by atoms with Crippen LogP contribution in [0.25, 0.3) is 21.9 Å². The minimum absolute atomic E-state index is 0.141. The summed E-state index contributed by atoms with van der Waals surface area (Å²) in [5, 5.41) is 15.3. The summed E-state index contributed by atoms with van der Waals surface area (Å²) in [5.74, 6) is 1.03. The highest BCUT2D eigenvalue weighted by Crippen LogP contribution is 2.32. The van der Waals surface area contributed by atoms with Gasteiger partial charge >= 0.3 is 5.97 Å². The number of hydrogen-bond donors (Lipinski definition) is 1. The Kier molecular flexibility index (Phi) is 7.90. The van der Waals surface area contributed by atoms with Crippen molar-refractivity contribution in [2.45, 2.75) is 64.4 Å². The first-order chi connectivity index (χ1) is 22.9. The lowest BCUT2D eigenvalue weighted by Gasteiger charge is -2.37. The van der Waals surface area contributed by atoms with Gasteiger partial charge in [-0.15, -0.1) is 0 Å². The lowest BCUT2D eigenvalue weighted by Crippen LogP contribution is -2.43. The van der Waals surface area contributed by atoms with Crippen molar-refractivity contribution in [3.05, 3.63) is 83.4 Å². The van der Waals surface area contributed by atoms with Crippen LogP contribution in [-0.2, 0) is 35.7 Å². The number of benzene rings is 2. The number of pyridine rings is 1. The first-order valence-electron chi connectivity index (χ1n) is 16.6. The quantitative estimate of drug-likeness (QED) is 0.207. The van der Waals surface area contributed by atoms with Crippen LogP contribution in [0, 0.1) is 5.41 Å². The second-order valence-corrected chi connectivity index (χ2v) is 13.7. The van der Waals surface area contributed by atoms with Crippen LogP contribution in [0.2, 0.25) is 0 Å². The van der Waals surface area contributed by atoms with Crippen molar-refractivity contribution in [3.63, 3.8) is 0 Å². The van der Waals surface area contributed by atoms with E-state index in [2.05, 4.69) is 50.4 Å². The van der Waals surface area contributed by atoms with E-state index in [1.54, 1.807) is 12.1 Å². The maximum Gasteiger partial charge on any atom is 0.335 e. The minimum atomic E-state index is -0.930. The number of piperidine rings is 1. The van der Waals surface area contributed by atoms with E-state index < -0.39 is 5.97 Å². The molecule has 0 spiro atoms. The van der Waals surface area contributed by atoms with E-state index in [1.807, 2.05) is 24.4 Å². The molecule has 3 saturated heterocycles. The van der Waals surface area contributed by atoms with E-state index in [9.17, 15) is 9.90 Å². The van der Waals surface area contributed by atoms with Gasteiger partial charge < -0.3 is 23.9 Å². The Morgan fingerprint density at radius 2 is 1.89 bits per heavy atom. The fourth-order valence-electron chi connectivity index (χ4n) is 6.98. The average Bonchev–Trinajstić information content (AvgIpc) is 3.60. The smallest absolute Gasteiger partial charge is 0.335 e. The van der Waals surface area contributed by atoms with Crippen molar-refractivity contribution in [2.24, 2.45) is 5.41 Å². The van der Waals surface area contributed by atoms with Gasteiger partial charge in [0.1, 0.15) is 12.4 Å². The van der Waals surface area contributed by atoms with Crippen molar-refractivity contribution in [2.75, 3.05) is 32.9 Å². The number of carboxylic acids is 1. The molecule has 3 aliphatic rings. The predicted molar refractivity (Wildman–Crippen MR) is 176 cm³/mol. The number of carboxylic acid groups (broad SMARTS) is 1. The van der Waals surface area contributed by atoms with Crippen molar-refractivity contribution in [1.29, 1.82) is 0 Å². The van der Waals surface area contributed by atoms with E-state index in [1.165, 1.54) is 0 Å². The number of aromatic nitrogens is 5. The van der Waals surface area contributed by atoms with Crippen molar-refractivity contribution in [1.82, 2.24) is 29.2 Å². The van der Waals surface area contributed by atoms with Crippen LogP contribution >= 0.6 is 0 Å². The summed E-state index contributed by atoms with van der Waals surface area (Å²) in [5.41, 5.74) is 5.37. The SMILES string of the molecule is CC1(Cn2ncc3ccc(COc4cccc(C5CCN(Cc6nc7ccc(C(=O)O)cc7n6CC6CCO6)CC5)n4)cc32)COC1. The third-order valence-corrected chi connectivity index (χ3v) is 9.90. The molecule has 3 aliphatic heterocycles. The van der Waals surface area contributed by atoms with Crippen LogP contribution in [0.15, 0.2) is 60.8 Å². The van der Waals surface area contributed by atoms with E-state index >= 15 is 0 Å². The first-order valence-corrected chi connectivity index (χ1v) is 16.6. The zero-order valence-electron chi connectivity index (χ0n) is 26.7. The van der Waals surface area contributed by atoms with Crippen LogP contribution in [-0.4, -0.2) is 79.3 Å². The van der Waals surface area contributed by atoms with Gasteiger partial charge in [-0.1, -0.05) is 25.1 Å². The monoisotopic (exact) mass is 636 g/mol. The molecule has 0 aliphatic carbocycles. The van der Waals surface area contributed by atoms with Crippen LogP contribution in [0.3, 0.4) is 0 Å². The molecular weight excluding hydrogens is 596 g/mol. The summed E-state index contributed by atoms with van der Waals surface area (Å²) in [6.07, 6.45) is 5.08. The van der Waals surface area contributed by atoms with E-state index in [0.717, 1.165) is 97.7 Å². The third-order valence-electron chi connectivity index (χ3n) is 9.90. The van der Waals surface area contributed by atoms with Crippen molar-refractivity contribution >= 4 is 27.9 Å². The zero-order valence-corrected chi connectivity index (χ0v) is 26.7. The molecule has 0 radical (unpaired) electrons. The molecule has 2 aromatic carbocycles. The van der Waals surface area contributed by atoms with Gasteiger partial charge in [-0.2, -0.15) is 5.10 Å². The highest BCUT2D eigenvalue weighted by molar-refractivity contribution is 5.92. The molecular formula is C36H40N6O5. The Morgan fingerprint density at radius 3 is 2.64 bits per heavy atom. The van der Waals surface area contributed by atoms with Gasteiger partial charge in [0.2, 0.25) is 5.88 Å². The summed E-state index contributed by atoms with van der Waals surface area (Å²) in [4.78, 5) is 23.9. The predicted octanol–water partition coefficient (Wildman–Crippen LogP) is 5.26. The zero-order chi connectivity index (χ0) is 32.0. The lowest BCUT2D eigenvalue weighted by molar-refractivity contribution is -0.111. The normalized spacial score (nSPS) is 19.9. The van der Waals surface area contributed by atoms with E-state index in [-0.39, 0.29) is 17.1 Å². The summed E-state index contributed by atoms with van der Waals surface area (Å²) in [6, 6.07) is 17.6. The topological polar surface area (TPSA) is 117 Å². The van der Waals surface area contributed by atoms with Gasteiger partial charge in [0, 0.05) is 35.1 Å². The fraction of sp³-hybridized carbons (Fsp3) is 0.444. The number of fused-ring (bicyclic) bond motifs is 2. The van der Waals surface area contributed by atoms with Crippen LogP contribution in [0.1, 0.15) is 59.5 Å². The first kappa shape index (κ1) is 30.0. The molecule has 3 aromatic heterocycles. The molecule has 6 heterocycles. The number of likely N-dealkylation sites (tertiary alicyclic amines) is 1. The molecule has 5 aromatic rings. The Labute approximate surface area is 273 Å². The van der Waals surface area contributed by atoms with Crippen molar-refractivity contribution in [3.8, 4) is 5.88 Å². The lowest BCUT2D eigenvalue weighted by atomic mass is 9.89. The molecule has 0 bridgehead atoms. The Morgan fingerprint density at radius 1 is 1.04 bits per heavy atom. The molecule has 8 rings (SSSR count). The third kappa shape index (κ3) is 6.22. The van der Waals surface area contributed by atoms with E-state index in [0.29, 0.717) is 31.5 Å². The molecule has 1 N–H and O–H groups in total. The van der Waals surface area contributed by atoms with Gasteiger partial charge in [-0.3, -0.25) is 9.58 Å². The number of rotatable bonds is 11. The fourth-order valence-corrected chi connectivity index (χ4v) is 6.98. The number of carbonyl (C=O) groups is 1. The molecule has 244 valence electrons.